The second kappa shape index (κ2) is 11.9. The van der Waals surface area contributed by atoms with Gasteiger partial charge in [-0.3, -0.25) is 9.59 Å². The summed E-state index contributed by atoms with van der Waals surface area (Å²) in [7, 11) is 0. The van der Waals surface area contributed by atoms with Crippen molar-refractivity contribution in [3.05, 3.63) is 93.2 Å². The fourth-order valence-corrected chi connectivity index (χ4v) is 5.20. The predicted octanol–water partition coefficient (Wildman–Crippen LogP) is 5.93. The number of benzene rings is 2. The standard InChI is InChI=1S/C28H29F3N2O3S/c1-20-13-15-37-25(20)18-32(16-21-6-3-2-4-7-21)26(34)19-33(17-24-8-5-14-36-24)27(35)22-9-11-23(12-10-22)28(29,30)31/h2-4,6-7,9-13,15,24H,5,8,14,16-19H2,1H3/t24-/m0/s1. The minimum absolute atomic E-state index is 0.0995. The Morgan fingerprint density at radius 3 is 2.32 bits per heavy atom. The van der Waals surface area contributed by atoms with Crippen molar-refractivity contribution in [3.63, 3.8) is 0 Å². The Labute approximate surface area is 218 Å². The molecule has 3 aromatic rings. The fourth-order valence-electron chi connectivity index (χ4n) is 4.28. The number of thiophene rings is 1. The van der Waals surface area contributed by atoms with Gasteiger partial charge in [0.25, 0.3) is 5.91 Å². The van der Waals surface area contributed by atoms with Gasteiger partial charge in [-0.1, -0.05) is 30.3 Å². The van der Waals surface area contributed by atoms with Crippen molar-refractivity contribution in [1.82, 2.24) is 9.80 Å². The van der Waals surface area contributed by atoms with Gasteiger partial charge in [0.05, 0.1) is 18.2 Å². The van der Waals surface area contributed by atoms with Crippen molar-refractivity contribution in [2.75, 3.05) is 19.7 Å². The fraction of sp³-hybridized carbons (Fsp3) is 0.357. The van der Waals surface area contributed by atoms with Crippen LogP contribution in [0.4, 0.5) is 13.2 Å². The van der Waals surface area contributed by atoms with Crippen molar-refractivity contribution in [3.8, 4) is 0 Å². The highest BCUT2D eigenvalue weighted by Crippen LogP contribution is 2.29. The van der Waals surface area contributed by atoms with Crippen LogP contribution < -0.4 is 0 Å². The Morgan fingerprint density at radius 1 is 1.00 bits per heavy atom. The molecule has 0 radical (unpaired) electrons. The van der Waals surface area contributed by atoms with Crippen molar-refractivity contribution in [1.29, 1.82) is 0 Å². The number of aryl methyl sites for hydroxylation is 1. The number of hydrogen-bond acceptors (Lipinski definition) is 4. The molecule has 0 aliphatic carbocycles. The van der Waals surface area contributed by atoms with Crippen LogP contribution in [0.2, 0.25) is 0 Å². The Balaban J connectivity index is 1.56. The molecule has 0 bridgehead atoms. The molecular weight excluding hydrogens is 501 g/mol. The number of amides is 2. The molecule has 196 valence electrons. The number of halogens is 3. The lowest BCUT2D eigenvalue weighted by Gasteiger charge is -2.29. The molecule has 4 rings (SSSR count). The van der Waals surface area contributed by atoms with Gasteiger partial charge in [0.1, 0.15) is 6.54 Å². The summed E-state index contributed by atoms with van der Waals surface area (Å²) in [6, 6.07) is 15.7. The summed E-state index contributed by atoms with van der Waals surface area (Å²) in [5.74, 6) is -0.737. The molecule has 0 saturated carbocycles. The SMILES string of the molecule is Cc1ccsc1CN(Cc1ccccc1)C(=O)CN(C[C@@H]1CCCO1)C(=O)c1ccc(C(F)(F)F)cc1. The van der Waals surface area contributed by atoms with Crippen molar-refractivity contribution < 1.29 is 27.5 Å². The van der Waals surface area contributed by atoms with Crippen LogP contribution in [-0.2, 0) is 28.8 Å². The van der Waals surface area contributed by atoms with E-state index in [-0.39, 0.29) is 30.7 Å². The van der Waals surface area contributed by atoms with E-state index in [1.165, 1.54) is 4.90 Å². The van der Waals surface area contributed by atoms with Crippen LogP contribution in [0.25, 0.3) is 0 Å². The number of nitrogens with zero attached hydrogens (tertiary/aromatic N) is 2. The number of carbonyl (C=O) groups excluding carboxylic acids is 2. The van der Waals surface area contributed by atoms with Gasteiger partial charge in [-0.25, -0.2) is 0 Å². The predicted molar refractivity (Wildman–Crippen MR) is 136 cm³/mol. The number of ether oxygens (including phenoxy) is 1. The molecule has 0 N–H and O–H groups in total. The average molecular weight is 531 g/mol. The molecule has 1 atom stereocenters. The van der Waals surface area contributed by atoms with Crippen LogP contribution >= 0.6 is 11.3 Å². The summed E-state index contributed by atoms with van der Waals surface area (Å²) in [5.41, 5.74) is 1.33. The molecule has 9 heteroatoms. The van der Waals surface area contributed by atoms with E-state index < -0.39 is 17.6 Å². The minimum Gasteiger partial charge on any atom is -0.376 e. The molecule has 1 aromatic heterocycles. The van der Waals surface area contributed by atoms with Gasteiger partial charge >= 0.3 is 6.18 Å². The summed E-state index contributed by atoms with van der Waals surface area (Å²) in [4.78, 5) is 31.2. The lowest BCUT2D eigenvalue weighted by molar-refractivity contribution is -0.137. The molecular formula is C28H29F3N2O3S. The van der Waals surface area contributed by atoms with E-state index in [1.807, 2.05) is 48.7 Å². The molecule has 1 aliphatic rings. The van der Waals surface area contributed by atoms with Crippen LogP contribution in [0, 0.1) is 6.92 Å². The molecule has 2 aromatic carbocycles. The highest BCUT2D eigenvalue weighted by molar-refractivity contribution is 7.10. The molecule has 2 heterocycles. The van der Waals surface area contributed by atoms with Gasteiger partial charge in [0, 0.05) is 30.1 Å². The second-order valence-electron chi connectivity index (χ2n) is 9.16. The van der Waals surface area contributed by atoms with Gasteiger partial charge in [-0.05, 0) is 66.6 Å². The van der Waals surface area contributed by atoms with E-state index in [0.29, 0.717) is 19.7 Å². The third kappa shape index (κ3) is 7.20. The van der Waals surface area contributed by atoms with Gasteiger partial charge in [-0.2, -0.15) is 13.2 Å². The summed E-state index contributed by atoms with van der Waals surface area (Å²) in [5, 5.41) is 1.98. The first kappa shape index (κ1) is 26.9. The summed E-state index contributed by atoms with van der Waals surface area (Å²) in [6.07, 6.45) is -3.09. The topological polar surface area (TPSA) is 49.9 Å². The van der Waals surface area contributed by atoms with E-state index in [2.05, 4.69) is 0 Å². The Morgan fingerprint density at radius 2 is 1.73 bits per heavy atom. The van der Waals surface area contributed by atoms with Crippen LogP contribution in [0.15, 0.2) is 66.0 Å². The largest absolute Gasteiger partial charge is 0.416 e. The van der Waals surface area contributed by atoms with Gasteiger partial charge < -0.3 is 14.5 Å². The first-order valence-corrected chi connectivity index (χ1v) is 13.0. The van der Waals surface area contributed by atoms with Gasteiger partial charge in [0.2, 0.25) is 5.91 Å². The molecule has 0 unspecified atom stereocenters. The second-order valence-corrected chi connectivity index (χ2v) is 10.2. The highest BCUT2D eigenvalue weighted by Gasteiger charge is 2.31. The van der Waals surface area contributed by atoms with Crippen LogP contribution in [0.5, 0.6) is 0 Å². The normalized spacial score (nSPS) is 15.5. The minimum atomic E-state index is -4.49. The summed E-state index contributed by atoms with van der Waals surface area (Å²) >= 11 is 1.57. The zero-order valence-corrected chi connectivity index (χ0v) is 21.4. The van der Waals surface area contributed by atoms with Crippen molar-refractivity contribution in [2.24, 2.45) is 0 Å². The number of hydrogen-bond donors (Lipinski definition) is 0. The Kier molecular flexibility index (Phi) is 8.66. The van der Waals surface area contributed by atoms with E-state index >= 15 is 0 Å². The van der Waals surface area contributed by atoms with Gasteiger partial charge in [0.15, 0.2) is 0 Å². The molecule has 37 heavy (non-hydrogen) atoms. The van der Waals surface area contributed by atoms with E-state index in [9.17, 15) is 22.8 Å². The third-order valence-corrected chi connectivity index (χ3v) is 7.40. The third-order valence-electron chi connectivity index (χ3n) is 6.39. The molecule has 1 saturated heterocycles. The number of alkyl halides is 3. The van der Waals surface area contributed by atoms with Crippen LogP contribution in [0.3, 0.4) is 0 Å². The van der Waals surface area contributed by atoms with Crippen molar-refractivity contribution >= 4 is 23.2 Å². The van der Waals surface area contributed by atoms with Crippen LogP contribution in [0.1, 0.15) is 44.8 Å². The smallest absolute Gasteiger partial charge is 0.376 e. The lowest BCUT2D eigenvalue weighted by atomic mass is 10.1. The van der Waals surface area contributed by atoms with E-state index in [0.717, 1.165) is 53.1 Å². The maximum Gasteiger partial charge on any atom is 0.416 e. The molecule has 1 aliphatic heterocycles. The number of carbonyl (C=O) groups is 2. The quantitative estimate of drug-likeness (QED) is 0.345. The average Bonchev–Trinajstić information content (AvgIpc) is 3.54. The van der Waals surface area contributed by atoms with Crippen LogP contribution in [-0.4, -0.2) is 47.4 Å². The highest BCUT2D eigenvalue weighted by atomic mass is 32.1. The van der Waals surface area contributed by atoms with Crippen molar-refractivity contribution in [2.45, 2.75) is 45.1 Å². The molecule has 5 nitrogen and oxygen atoms in total. The van der Waals surface area contributed by atoms with Gasteiger partial charge in [-0.15, -0.1) is 11.3 Å². The lowest BCUT2D eigenvalue weighted by Crippen LogP contribution is -2.45. The van der Waals surface area contributed by atoms with E-state index in [4.69, 9.17) is 4.74 Å². The molecule has 1 fully saturated rings. The molecule has 2 amide bonds. The maximum atomic E-state index is 13.6. The first-order valence-electron chi connectivity index (χ1n) is 12.1. The summed E-state index contributed by atoms with van der Waals surface area (Å²) in [6.45, 7) is 3.35. The maximum absolute atomic E-state index is 13.6. The zero-order valence-electron chi connectivity index (χ0n) is 20.5. The summed E-state index contributed by atoms with van der Waals surface area (Å²) < 4.78 is 44.7. The zero-order chi connectivity index (χ0) is 26.4. The number of rotatable bonds is 9. The Bertz CT molecular complexity index is 1190. The molecule has 0 spiro atoms. The monoisotopic (exact) mass is 530 g/mol. The van der Waals surface area contributed by atoms with E-state index in [1.54, 1.807) is 16.2 Å². The Hall–Kier alpha value is -3.17. The first-order chi connectivity index (χ1) is 17.7.